The van der Waals surface area contributed by atoms with Crippen molar-refractivity contribution in [3.63, 3.8) is 0 Å². The standard InChI is InChI=1S/C65H73BN2O/c1-60(2,3)40-22-28-45(29-23-40)67(46-30-24-41(25-31-46)61(4,5)6)53-34-33-52(57-47-20-18-19-21-48(47)65(16,17)58(53)57)68-51-32-26-42(62(7,8)9)36-49(51)66-50-37-43(63(10,11)12)27-35-55(50)69-56-39-44(64(13,14)15)38-54(68)59(56)66/h18-39H,1-17H3. The third-order valence-electron chi connectivity index (χ3n) is 15.5. The summed E-state index contributed by atoms with van der Waals surface area (Å²) in [5.41, 5.74) is 22.2. The van der Waals surface area contributed by atoms with E-state index in [0.29, 0.717) is 0 Å². The van der Waals surface area contributed by atoms with Crippen molar-refractivity contribution in [1.29, 1.82) is 0 Å². The third-order valence-corrected chi connectivity index (χ3v) is 15.5. The average Bonchev–Trinajstić information content (AvgIpc) is 3.51. The lowest BCUT2D eigenvalue weighted by atomic mass is 9.33. The summed E-state index contributed by atoms with van der Waals surface area (Å²) < 4.78 is 7.18. The number of rotatable bonds is 4. The van der Waals surface area contributed by atoms with E-state index in [1.165, 1.54) is 89.2 Å². The Kier molecular flexibility index (Phi) is 10.5. The van der Waals surface area contributed by atoms with Gasteiger partial charge in [-0.05, 0) is 149 Å². The smallest absolute Gasteiger partial charge is 0.256 e. The molecule has 1 aliphatic carbocycles. The highest BCUT2D eigenvalue weighted by molar-refractivity contribution is 6.99. The first kappa shape index (κ1) is 46.7. The quantitative estimate of drug-likeness (QED) is 0.164. The maximum absolute atomic E-state index is 7.18. The molecule has 4 heteroatoms. The summed E-state index contributed by atoms with van der Waals surface area (Å²) in [5, 5.41) is 0. The molecule has 7 aromatic carbocycles. The van der Waals surface area contributed by atoms with Crippen molar-refractivity contribution < 1.29 is 4.74 Å². The van der Waals surface area contributed by atoms with Crippen molar-refractivity contribution in [2.75, 3.05) is 9.80 Å². The van der Waals surface area contributed by atoms with Gasteiger partial charge in [0, 0.05) is 33.7 Å². The molecule has 0 amide bonds. The Labute approximate surface area is 415 Å². The van der Waals surface area contributed by atoms with E-state index in [1.54, 1.807) is 0 Å². The number of benzene rings is 7. The Morgan fingerprint density at radius 2 is 0.942 bits per heavy atom. The van der Waals surface area contributed by atoms with Gasteiger partial charge in [-0.2, -0.15) is 0 Å². The van der Waals surface area contributed by atoms with Crippen LogP contribution in [-0.2, 0) is 32.5 Å². The van der Waals surface area contributed by atoms with Gasteiger partial charge >= 0.3 is 0 Å². The summed E-state index contributed by atoms with van der Waals surface area (Å²) in [6, 6.07) is 51.7. The van der Waals surface area contributed by atoms with Gasteiger partial charge in [-0.15, -0.1) is 0 Å². The normalized spacial score (nSPS) is 14.9. The molecule has 0 radical (unpaired) electrons. The first-order valence-corrected chi connectivity index (χ1v) is 25.4. The van der Waals surface area contributed by atoms with E-state index < -0.39 is 0 Å². The van der Waals surface area contributed by atoms with Crippen LogP contribution in [0.2, 0.25) is 0 Å². The van der Waals surface area contributed by atoms with Crippen LogP contribution in [0.25, 0.3) is 11.1 Å². The highest BCUT2D eigenvalue weighted by Crippen LogP contribution is 2.59. The summed E-state index contributed by atoms with van der Waals surface area (Å²) >= 11 is 0. The van der Waals surface area contributed by atoms with Gasteiger partial charge in [0.1, 0.15) is 11.5 Å². The van der Waals surface area contributed by atoms with Gasteiger partial charge < -0.3 is 14.5 Å². The minimum absolute atomic E-state index is 0.0118. The lowest BCUT2D eigenvalue weighted by Crippen LogP contribution is -2.60. The van der Waals surface area contributed by atoms with Crippen molar-refractivity contribution in [2.45, 2.75) is 150 Å². The van der Waals surface area contributed by atoms with Gasteiger partial charge in [0.15, 0.2) is 0 Å². The van der Waals surface area contributed by atoms with Crippen LogP contribution < -0.4 is 30.9 Å². The molecular weight excluding hydrogens is 836 g/mol. The lowest BCUT2D eigenvalue weighted by Gasteiger charge is -2.43. The SMILES string of the molecule is CC(C)(C)c1ccc(N(c2ccc(C(C)(C)C)cc2)c2ccc(N3c4ccc(C(C)(C)C)cc4B4c5cc(C(C)(C)C)ccc5Oc5cc(C(C)(C)C)cc3c54)c3c2C(C)(C)c2ccccc2-3)cc1. The van der Waals surface area contributed by atoms with Crippen LogP contribution in [0.1, 0.15) is 157 Å². The summed E-state index contributed by atoms with van der Waals surface area (Å²) in [7, 11) is 0. The van der Waals surface area contributed by atoms with E-state index in [0.717, 1.165) is 22.9 Å². The second kappa shape index (κ2) is 15.5. The molecule has 0 bridgehead atoms. The molecule has 2 heterocycles. The molecule has 0 N–H and O–H groups in total. The van der Waals surface area contributed by atoms with E-state index >= 15 is 0 Å². The number of anilines is 6. The molecule has 2 aliphatic heterocycles. The van der Waals surface area contributed by atoms with Crippen molar-refractivity contribution in [1.82, 2.24) is 0 Å². The van der Waals surface area contributed by atoms with E-state index in [-0.39, 0.29) is 39.2 Å². The molecule has 0 unspecified atom stereocenters. The van der Waals surface area contributed by atoms with Crippen LogP contribution >= 0.6 is 0 Å². The summed E-state index contributed by atoms with van der Waals surface area (Å²) in [6.45, 7) is 39.6. The first-order valence-electron chi connectivity index (χ1n) is 25.4. The Bertz CT molecular complexity index is 3120. The lowest BCUT2D eigenvalue weighted by molar-refractivity contribution is 0.482. The van der Waals surface area contributed by atoms with E-state index in [1.807, 2.05) is 0 Å². The van der Waals surface area contributed by atoms with Gasteiger partial charge in [-0.1, -0.05) is 190 Å². The van der Waals surface area contributed by atoms with Gasteiger partial charge in [-0.25, -0.2) is 0 Å². The fourth-order valence-electron chi connectivity index (χ4n) is 11.3. The summed E-state index contributed by atoms with van der Waals surface area (Å²) in [6.07, 6.45) is 0. The summed E-state index contributed by atoms with van der Waals surface area (Å²) in [4.78, 5) is 5.14. The van der Waals surface area contributed by atoms with Gasteiger partial charge in [0.2, 0.25) is 0 Å². The maximum Gasteiger partial charge on any atom is 0.256 e. The van der Waals surface area contributed by atoms with Crippen molar-refractivity contribution >= 4 is 57.2 Å². The fourth-order valence-corrected chi connectivity index (χ4v) is 11.3. The zero-order valence-electron chi connectivity index (χ0n) is 44.6. The summed E-state index contributed by atoms with van der Waals surface area (Å²) in [5.74, 6) is 1.90. The minimum Gasteiger partial charge on any atom is -0.458 e. The average molecular weight is 909 g/mol. The predicted molar refractivity (Wildman–Crippen MR) is 298 cm³/mol. The monoisotopic (exact) mass is 909 g/mol. The number of fused-ring (bicyclic) bond motifs is 7. The second-order valence-electron chi connectivity index (χ2n) is 26.0. The molecule has 0 spiro atoms. The Balaban J connectivity index is 1.30. The van der Waals surface area contributed by atoms with Gasteiger partial charge in [0.05, 0.1) is 11.4 Å². The number of nitrogens with zero attached hydrogens (tertiary/aromatic N) is 2. The second-order valence-corrected chi connectivity index (χ2v) is 26.0. The van der Waals surface area contributed by atoms with E-state index in [9.17, 15) is 0 Å². The fraction of sp³-hybridized carbons (Fsp3) is 0.354. The van der Waals surface area contributed by atoms with Crippen LogP contribution in [0.15, 0.2) is 133 Å². The zero-order chi connectivity index (χ0) is 49.5. The minimum atomic E-state index is -0.332. The first-order chi connectivity index (χ1) is 32.1. The Morgan fingerprint density at radius 1 is 0.449 bits per heavy atom. The molecular formula is C65H73BN2O. The maximum atomic E-state index is 7.18. The molecule has 3 nitrogen and oxygen atoms in total. The van der Waals surface area contributed by atoms with Crippen molar-refractivity contribution in [3.8, 4) is 22.6 Å². The van der Waals surface area contributed by atoms with E-state index in [2.05, 4.69) is 261 Å². The van der Waals surface area contributed by atoms with Gasteiger partial charge in [-0.3, -0.25) is 0 Å². The molecule has 69 heavy (non-hydrogen) atoms. The van der Waals surface area contributed by atoms with Crippen LogP contribution in [0, 0.1) is 0 Å². The highest BCUT2D eigenvalue weighted by Gasteiger charge is 2.47. The largest absolute Gasteiger partial charge is 0.458 e. The topological polar surface area (TPSA) is 15.7 Å². The van der Waals surface area contributed by atoms with Crippen LogP contribution in [0.3, 0.4) is 0 Å². The number of hydrogen-bond acceptors (Lipinski definition) is 3. The van der Waals surface area contributed by atoms with Crippen LogP contribution in [0.5, 0.6) is 11.5 Å². The van der Waals surface area contributed by atoms with Crippen LogP contribution in [0.4, 0.5) is 34.1 Å². The third kappa shape index (κ3) is 7.72. The molecule has 3 aliphatic rings. The Hall–Kier alpha value is -6.00. The molecule has 10 rings (SSSR count). The number of hydrogen-bond donors (Lipinski definition) is 0. The zero-order valence-corrected chi connectivity index (χ0v) is 44.6. The molecule has 0 saturated heterocycles. The molecule has 0 atom stereocenters. The number of ether oxygens (including phenoxy) is 1. The molecule has 7 aromatic rings. The van der Waals surface area contributed by atoms with E-state index in [4.69, 9.17) is 4.74 Å². The molecule has 352 valence electrons. The molecule has 0 aromatic heterocycles. The van der Waals surface area contributed by atoms with Crippen molar-refractivity contribution in [2.24, 2.45) is 0 Å². The molecule has 0 saturated carbocycles. The van der Waals surface area contributed by atoms with Crippen molar-refractivity contribution in [3.05, 3.63) is 172 Å². The molecule has 0 fully saturated rings. The predicted octanol–water partition coefficient (Wildman–Crippen LogP) is 16.4. The van der Waals surface area contributed by atoms with Gasteiger partial charge in [0.25, 0.3) is 6.71 Å². The highest BCUT2D eigenvalue weighted by atomic mass is 16.5. The van der Waals surface area contributed by atoms with Crippen LogP contribution in [-0.4, -0.2) is 6.71 Å². The Morgan fingerprint density at radius 3 is 1.49 bits per heavy atom.